The minimum atomic E-state index is 0.138. The van der Waals surface area contributed by atoms with Gasteiger partial charge in [-0.05, 0) is 31.2 Å². The highest BCUT2D eigenvalue weighted by Crippen LogP contribution is 2.33. The smallest absolute Gasteiger partial charge is 0.262 e. The minimum absolute atomic E-state index is 0.138. The van der Waals surface area contributed by atoms with E-state index < -0.39 is 0 Å². The monoisotopic (exact) mass is 303 g/mol. The largest absolute Gasteiger partial charge is 0.411 e. The average Bonchev–Trinajstić information content (AvgIpc) is 2.68. The molecule has 0 amide bonds. The van der Waals surface area contributed by atoms with E-state index in [-0.39, 0.29) is 5.56 Å². The molecular weight excluding hydrogens is 286 g/mol. The zero-order valence-corrected chi connectivity index (χ0v) is 12.6. The second kappa shape index (κ2) is 4.94. The summed E-state index contributed by atoms with van der Waals surface area (Å²) in [4.78, 5) is 19.7. The molecule has 1 aliphatic heterocycles. The molecule has 2 aromatic rings. The maximum atomic E-state index is 12.9. The number of fused-ring (bicyclic) bond motifs is 4. The third kappa shape index (κ3) is 2.00. The lowest BCUT2D eigenvalue weighted by molar-refractivity contribution is 0.316. The van der Waals surface area contributed by atoms with Gasteiger partial charge in [-0.2, -0.15) is 0 Å². The van der Waals surface area contributed by atoms with E-state index in [4.69, 9.17) is 10.2 Å². The molecule has 110 valence electrons. The number of hydrogen-bond donors (Lipinski definition) is 1. The van der Waals surface area contributed by atoms with E-state index in [1.54, 1.807) is 11.3 Å². The molecule has 2 aromatic heterocycles. The quantitative estimate of drug-likeness (QED) is 0.600. The number of oxime groups is 1. The Kier molecular flexibility index (Phi) is 3.06. The Morgan fingerprint density at radius 3 is 2.95 bits per heavy atom. The van der Waals surface area contributed by atoms with Gasteiger partial charge in [-0.15, -0.1) is 11.3 Å². The molecule has 0 unspecified atom stereocenters. The van der Waals surface area contributed by atoms with Crippen LogP contribution in [-0.4, -0.2) is 20.5 Å². The summed E-state index contributed by atoms with van der Waals surface area (Å²) in [5.74, 6) is 0.944. The highest BCUT2D eigenvalue weighted by Gasteiger charge is 2.24. The predicted molar refractivity (Wildman–Crippen MR) is 82.7 cm³/mol. The first-order valence-corrected chi connectivity index (χ1v) is 8.33. The normalized spacial score (nSPS) is 20.3. The van der Waals surface area contributed by atoms with Crippen molar-refractivity contribution in [2.45, 2.75) is 51.5 Å². The predicted octanol–water partition coefficient (Wildman–Crippen LogP) is 2.50. The van der Waals surface area contributed by atoms with Crippen molar-refractivity contribution in [1.29, 1.82) is 0 Å². The summed E-state index contributed by atoms with van der Waals surface area (Å²) in [6.07, 6.45) is 6.42. The summed E-state index contributed by atoms with van der Waals surface area (Å²) in [7, 11) is 0. The molecule has 0 aromatic carbocycles. The zero-order chi connectivity index (χ0) is 14.4. The maximum Gasteiger partial charge on any atom is 0.262 e. The molecule has 2 aliphatic rings. The van der Waals surface area contributed by atoms with E-state index in [2.05, 4.69) is 5.16 Å². The molecule has 1 aliphatic carbocycles. The van der Waals surface area contributed by atoms with Crippen molar-refractivity contribution >= 4 is 27.3 Å². The Labute approximate surface area is 125 Å². The van der Waals surface area contributed by atoms with Gasteiger partial charge in [-0.3, -0.25) is 9.36 Å². The van der Waals surface area contributed by atoms with Crippen LogP contribution < -0.4 is 5.56 Å². The van der Waals surface area contributed by atoms with Crippen molar-refractivity contribution < 1.29 is 5.21 Å². The maximum absolute atomic E-state index is 12.9. The second-order valence-corrected chi connectivity index (χ2v) is 6.91. The van der Waals surface area contributed by atoms with Gasteiger partial charge in [0, 0.05) is 24.3 Å². The molecule has 1 N–H and O–H groups in total. The van der Waals surface area contributed by atoms with Crippen molar-refractivity contribution in [2.24, 2.45) is 5.16 Å². The van der Waals surface area contributed by atoms with Crippen LogP contribution >= 0.6 is 11.3 Å². The highest BCUT2D eigenvalue weighted by atomic mass is 32.1. The number of aryl methyl sites for hydroxylation is 2. The van der Waals surface area contributed by atoms with Crippen LogP contribution in [0.2, 0.25) is 0 Å². The summed E-state index contributed by atoms with van der Waals surface area (Å²) in [6.45, 7) is 0.797. The van der Waals surface area contributed by atoms with Crippen molar-refractivity contribution in [3.63, 3.8) is 0 Å². The fraction of sp³-hybridized carbons (Fsp3) is 0.533. The number of nitrogens with zero attached hydrogens (tertiary/aromatic N) is 3. The lowest BCUT2D eigenvalue weighted by Gasteiger charge is -2.12. The Morgan fingerprint density at radius 2 is 2.10 bits per heavy atom. The van der Waals surface area contributed by atoms with Gasteiger partial charge < -0.3 is 5.21 Å². The van der Waals surface area contributed by atoms with Crippen molar-refractivity contribution in [3.05, 3.63) is 26.6 Å². The van der Waals surface area contributed by atoms with Crippen molar-refractivity contribution in [3.8, 4) is 0 Å². The molecule has 3 heterocycles. The van der Waals surface area contributed by atoms with E-state index >= 15 is 0 Å². The van der Waals surface area contributed by atoms with Gasteiger partial charge >= 0.3 is 0 Å². The van der Waals surface area contributed by atoms with Crippen molar-refractivity contribution in [2.75, 3.05) is 0 Å². The topological polar surface area (TPSA) is 67.5 Å². The Bertz CT molecular complexity index is 803. The third-order valence-electron chi connectivity index (χ3n) is 4.53. The van der Waals surface area contributed by atoms with Gasteiger partial charge in [0.2, 0.25) is 0 Å². The molecule has 0 fully saturated rings. The minimum Gasteiger partial charge on any atom is -0.411 e. The van der Waals surface area contributed by atoms with E-state index in [1.165, 1.54) is 6.42 Å². The first-order chi connectivity index (χ1) is 10.3. The summed E-state index contributed by atoms with van der Waals surface area (Å²) < 4.78 is 1.89. The lowest BCUT2D eigenvalue weighted by atomic mass is 9.95. The summed E-state index contributed by atoms with van der Waals surface area (Å²) in [5, 5.41) is 13.1. The van der Waals surface area contributed by atoms with Gasteiger partial charge in [0.05, 0.1) is 11.1 Å². The van der Waals surface area contributed by atoms with E-state index in [0.717, 1.165) is 70.8 Å². The van der Waals surface area contributed by atoms with E-state index in [0.29, 0.717) is 6.42 Å². The highest BCUT2D eigenvalue weighted by molar-refractivity contribution is 7.19. The first-order valence-electron chi connectivity index (χ1n) is 7.51. The van der Waals surface area contributed by atoms with Crippen LogP contribution in [0, 0.1) is 0 Å². The fourth-order valence-electron chi connectivity index (χ4n) is 3.41. The van der Waals surface area contributed by atoms with Gasteiger partial charge in [0.25, 0.3) is 5.56 Å². The zero-order valence-electron chi connectivity index (χ0n) is 11.8. The molecule has 6 heteroatoms. The molecule has 0 saturated heterocycles. The van der Waals surface area contributed by atoms with Crippen LogP contribution in [0.1, 0.15) is 41.9 Å². The molecule has 0 atom stereocenters. The average molecular weight is 303 g/mol. The molecule has 0 saturated carbocycles. The van der Waals surface area contributed by atoms with Gasteiger partial charge in [0.15, 0.2) is 0 Å². The second-order valence-electron chi connectivity index (χ2n) is 5.82. The van der Waals surface area contributed by atoms with Crippen LogP contribution in [0.25, 0.3) is 10.2 Å². The standard InChI is InChI=1S/C15H17N3O2S/c19-15-13-10-6-5-9(17-20)8-11(10)21-14(13)16-12-4-2-1-3-7-18(12)15/h20H,1-8H2/b17-9+. The first kappa shape index (κ1) is 13.0. The lowest BCUT2D eigenvalue weighted by Crippen LogP contribution is -2.25. The number of rotatable bonds is 0. The Balaban J connectivity index is 1.95. The molecule has 21 heavy (non-hydrogen) atoms. The van der Waals surface area contributed by atoms with Crippen LogP contribution in [0.3, 0.4) is 0 Å². The summed E-state index contributed by atoms with van der Waals surface area (Å²) in [6, 6.07) is 0. The molecule has 0 spiro atoms. The van der Waals surface area contributed by atoms with Crippen molar-refractivity contribution in [1.82, 2.24) is 9.55 Å². The number of hydrogen-bond acceptors (Lipinski definition) is 5. The fourth-order valence-corrected chi connectivity index (χ4v) is 4.68. The van der Waals surface area contributed by atoms with E-state index in [1.807, 2.05) is 4.57 Å². The molecule has 4 rings (SSSR count). The number of thiophene rings is 1. The van der Waals surface area contributed by atoms with Gasteiger partial charge in [-0.1, -0.05) is 11.6 Å². The Morgan fingerprint density at radius 1 is 1.19 bits per heavy atom. The Hall–Kier alpha value is -1.69. The van der Waals surface area contributed by atoms with E-state index in [9.17, 15) is 4.79 Å². The molecule has 5 nitrogen and oxygen atoms in total. The molecule has 0 bridgehead atoms. The van der Waals surface area contributed by atoms with Crippen LogP contribution in [0.5, 0.6) is 0 Å². The number of aromatic nitrogens is 2. The van der Waals surface area contributed by atoms with Gasteiger partial charge in [-0.25, -0.2) is 4.98 Å². The third-order valence-corrected chi connectivity index (χ3v) is 5.65. The van der Waals surface area contributed by atoms with Crippen LogP contribution in [0.15, 0.2) is 9.95 Å². The van der Waals surface area contributed by atoms with Crippen LogP contribution in [0.4, 0.5) is 0 Å². The SMILES string of the molecule is O=c1c2c3c(sc2nc2n1CCCCC2)C/C(=N/O)CC3. The summed E-state index contributed by atoms with van der Waals surface area (Å²) in [5.41, 5.74) is 2.08. The molecule has 0 radical (unpaired) electrons. The van der Waals surface area contributed by atoms with Crippen LogP contribution in [-0.2, 0) is 25.8 Å². The van der Waals surface area contributed by atoms with Gasteiger partial charge in [0.1, 0.15) is 10.7 Å². The molecular formula is C15H17N3O2S. The summed E-state index contributed by atoms with van der Waals surface area (Å²) >= 11 is 1.60.